The van der Waals surface area contributed by atoms with E-state index in [4.69, 9.17) is 5.73 Å². The van der Waals surface area contributed by atoms with Gasteiger partial charge in [0, 0.05) is 18.2 Å². The number of β-lactam (4-membered cyclic amide) rings is 1. The number of carboxylic acids is 1. The fourth-order valence-corrected chi connectivity index (χ4v) is 6.71. The van der Waals surface area contributed by atoms with Crippen molar-refractivity contribution >= 4 is 58.6 Å². The van der Waals surface area contributed by atoms with Gasteiger partial charge in [-0.2, -0.15) is 0 Å². The Hall–Kier alpha value is -2.12. The number of nitrogens with two attached hydrogens (primary N) is 1. The van der Waals surface area contributed by atoms with Crippen molar-refractivity contribution in [2.24, 2.45) is 11.7 Å². The molecule has 0 spiro atoms. The molecule has 0 unspecified atom stereocenters. The summed E-state index contributed by atoms with van der Waals surface area (Å²) in [7, 11) is 0. The van der Waals surface area contributed by atoms with E-state index in [2.05, 4.69) is 10.2 Å². The molecule has 3 N–H and O–H groups in total. The summed E-state index contributed by atoms with van der Waals surface area (Å²) >= 11 is 3.95. The second-order valence-corrected chi connectivity index (χ2v) is 10.6. The highest BCUT2D eigenvalue weighted by Gasteiger charge is 2.63. The molecule has 30 heavy (non-hydrogen) atoms. The van der Waals surface area contributed by atoms with Crippen molar-refractivity contribution < 1.29 is 24.3 Å². The van der Waals surface area contributed by atoms with E-state index in [0.29, 0.717) is 24.3 Å². The molecule has 0 aromatic carbocycles. The van der Waals surface area contributed by atoms with Crippen molar-refractivity contribution in [1.82, 2.24) is 20.0 Å². The van der Waals surface area contributed by atoms with Crippen LogP contribution in [-0.4, -0.2) is 84.7 Å². The van der Waals surface area contributed by atoms with Gasteiger partial charge in [-0.3, -0.25) is 19.3 Å². The SMILES string of the molecule is Cc1nnc(SCC2=C(C(=O)O)N3C(=O)[C@@H]4[C@H]3[C@H](C2)CN4C(=O)CSCC(N)=O)s1. The molecule has 0 saturated carbocycles. The number of rotatable bonds is 8. The molecule has 4 rings (SSSR count). The van der Waals surface area contributed by atoms with Crippen LogP contribution in [0, 0.1) is 12.8 Å². The summed E-state index contributed by atoms with van der Waals surface area (Å²) in [6, 6.07) is -0.919. The number of carboxylic acid groups (broad SMARTS) is 1. The normalized spacial score (nSPS) is 24.7. The number of aromatic nitrogens is 2. The first-order valence-electron chi connectivity index (χ1n) is 9.14. The van der Waals surface area contributed by atoms with E-state index in [1.807, 2.05) is 6.92 Å². The van der Waals surface area contributed by atoms with Gasteiger partial charge in [0.2, 0.25) is 11.8 Å². The van der Waals surface area contributed by atoms with Crippen LogP contribution in [0.4, 0.5) is 0 Å². The number of hydrogen-bond donors (Lipinski definition) is 2. The van der Waals surface area contributed by atoms with E-state index < -0.39 is 17.9 Å². The molecular formula is C17H19N5O5S3. The molecule has 3 amide bonds. The monoisotopic (exact) mass is 469 g/mol. The average molecular weight is 470 g/mol. The number of nitrogens with zero attached hydrogens (tertiary/aromatic N) is 4. The Kier molecular flexibility index (Phi) is 5.77. The van der Waals surface area contributed by atoms with Gasteiger partial charge in [-0.25, -0.2) is 4.79 Å². The van der Waals surface area contributed by atoms with Gasteiger partial charge in [-0.05, 0) is 18.9 Å². The Labute approximate surface area is 184 Å². The van der Waals surface area contributed by atoms with Gasteiger partial charge in [-0.1, -0.05) is 23.1 Å². The second-order valence-electron chi connectivity index (χ2n) is 7.25. The van der Waals surface area contributed by atoms with Crippen LogP contribution in [0.5, 0.6) is 0 Å². The molecule has 1 aromatic rings. The van der Waals surface area contributed by atoms with Crippen molar-refractivity contribution in [1.29, 1.82) is 0 Å². The van der Waals surface area contributed by atoms with Gasteiger partial charge < -0.3 is 15.7 Å². The third-order valence-corrected chi connectivity index (χ3v) is 8.31. The Bertz CT molecular complexity index is 963. The van der Waals surface area contributed by atoms with E-state index in [0.717, 1.165) is 21.1 Å². The zero-order chi connectivity index (χ0) is 21.6. The van der Waals surface area contributed by atoms with Gasteiger partial charge in [0.05, 0.1) is 17.5 Å². The molecule has 10 nitrogen and oxygen atoms in total. The Morgan fingerprint density at radius 3 is 2.70 bits per heavy atom. The molecule has 160 valence electrons. The van der Waals surface area contributed by atoms with Crippen molar-refractivity contribution in [2.75, 3.05) is 23.8 Å². The van der Waals surface area contributed by atoms with E-state index in [1.165, 1.54) is 32.9 Å². The van der Waals surface area contributed by atoms with Crippen LogP contribution in [0.25, 0.3) is 0 Å². The van der Waals surface area contributed by atoms with Crippen molar-refractivity contribution in [2.45, 2.75) is 29.8 Å². The predicted octanol–water partition coefficient (Wildman–Crippen LogP) is -0.0627. The van der Waals surface area contributed by atoms with E-state index in [1.54, 1.807) is 0 Å². The lowest BCUT2D eigenvalue weighted by atomic mass is 9.79. The van der Waals surface area contributed by atoms with Gasteiger partial charge in [0.15, 0.2) is 4.34 Å². The van der Waals surface area contributed by atoms with Crippen LogP contribution in [-0.2, 0) is 19.2 Å². The standard InChI is InChI=1S/C17H19N5O5S3/c1-7-19-20-17(30-7)29-4-9-2-8-3-21(11(24)6-28-5-10(18)23)14-12(8)22(15(14)25)13(9)16(26)27/h8,12,14H,2-6H2,1H3,(H2,18,23)(H,26,27)/t8-,12-,14+/m1/s1. The third-order valence-electron chi connectivity index (χ3n) is 5.32. The fourth-order valence-electron chi connectivity index (χ4n) is 4.23. The number of aliphatic carboxylic acids is 1. The summed E-state index contributed by atoms with van der Waals surface area (Å²) in [6.45, 7) is 2.24. The molecule has 0 bridgehead atoms. The summed E-state index contributed by atoms with van der Waals surface area (Å²) in [6.07, 6.45) is 0.509. The summed E-state index contributed by atoms with van der Waals surface area (Å²) in [5, 5.41) is 18.6. The Morgan fingerprint density at radius 2 is 2.07 bits per heavy atom. The lowest BCUT2D eigenvalue weighted by Crippen LogP contribution is -2.69. The highest BCUT2D eigenvalue weighted by Crippen LogP contribution is 2.48. The summed E-state index contributed by atoms with van der Waals surface area (Å²) in [4.78, 5) is 51.1. The molecule has 13 heteroatoms. The van der Waals surface area contributed by atoms with Crippen LogP contribution in [0.1, 0.15) is 11.4 Å². The first kappa shape index (κ1) is 21.1. The van der Waals surface area contributed by atoms with Gasteiger partial charge in [0.1, 0.15) is 16.7 Å². The summed E-state index contributed by atoms with van der Waals surface area (Å²) in [5.74, 6) is -1.74. The first-order chi connectivity index (χ1) is 14.3. The zero-order valence-electron chi connectivity index (χ0n) is 15.9. The zero-order valence-corrected chi connectivity index (χ0v) is 18.4. The van der Waals surface area contributed by atoms with E-state index >= 15 is 0 Å². The predicted molar refractivity (Wildman–Crippen MR) is 111 cm³/mol. The minimum Gasteiger partial charge on any atom is -0.477 e. The molecule has 2 fully saturated rings. The number of thioether (sulfide) groups is 2. The topological polar surface area (TPSA) is 147 Å². The van der Waals surface area contributed by atoms with Crippen LogP contribution in [0.3, 0.4) is 0 Å². The molecule has 1 aromatic heterocycles. The maximum atomic E-state index is 12.8. The van der Waals surface area contributed by atoms with Crippen LogP contribution >= 0.6 is 34.9 Å². The molecular weight excluding hydrogens is 450 g/mol. The fraction of sp³-hybridized carbons (Fsp3) is 0.529. The number of carbonyl (C=O) groups excluding carboxylic acids is 3. The largest absolute Gasteiger partial charge is 0.477 e. The number of amides is 3. The first-order valence-corrected chi connectivity index (χ1v) is 12.1. The summed E-state index contributed by atoms with van der Waals surface area (Å²) in [5.41, 5.74) is 5.80. The molecule has 3 aliphatic heterocycles. The number of likely N-dealkylation sites (tertiary alicyclic amines) is 1. The number of carbonyl (C=O) groups is 4. The van der Waals surface area contributed by atoms with Crippen LogP contribution in [0.15, 0.2) is 15.6 Å². The minimum absolute atomic E-state index is 0.00681. The second kappa shape index (κ2) is 8.19. The van der Waals surface area contributed by atoms with E-state index in [-0.39, 0.29) is 41.0 Å². The smallest absolute Gasteiger partial charge is 0.352 e. The number of aryl methyl sites for hydroxylation is 1. The van der Waals surface area contributed by atoms with Gasteiger partial charge in [0.25, 0.3) is 5.91 Å². The molecule has 0 aliphatic carbocycles. The van der Waals surface area contributed by atoms with Crippen molar-refractivity contribution in [3.05, 3.63) is 16.3 Å². The van der Waals surface area contributed by atoms with Crippen molar-refractivity contribution in [3.63, 3.8) is 0 Å². The summed E-state index contributed by atoms with van der Waals surface area (Å²) < 4.78 is 0.745. The molecule has 0 radical (unpaired) electrons. The van der Waals surface area contributed by atoms with Crippen molar-refractivity contribution in [3.8, 4) is 0 Å². The lowest BCUT2D eigenvalue weighted by molar-refractivity contribution is -0.159. The van der Waals surface area contributed by atoms with Crippen LogP contribution in [0.2, 0.25) is 0 Å². The molecule has 2 saturated heterocycles. The molecule has 3 atom stereocenters. The Morgan fingerprint density at radius 1 is 1.30 bits per heavy atom. The number of primary amides is 1. The molecule has 3 aliphatic rings. The average Bonchev–Trinajstić information content (AvgIpc) is 3.26. The molecule has 4 heterocycles. The van der Waals surface area contributed by atoms with Crippen LogP contribution < -0.4 is 5.73 Å². The Balaban J connectivity index is 1.49. The minimum atomic E-state index is -1.13. The van der Waals surface area contributed by atoms with Gasteiger partial charge in [-0.15, -0.1) is 22.0 Å². The maximum absolute atomic E-state index is 12.8. The highest BCUT2D eigenvalue weighted by atomic mass is 32.2. The highest BCUT2D eigenvalue weighted by molar-refractivity contribution is 8.01. The third kappa shape index (κ3) is 3.69. The maximum Gasteiger partial charge on any atom is 0.352 e. The quantitative estimate of drug-likeness (QED) is 0.395. The van der Waals surface area contributed by atoms with E-state index in [9.17, 15) is 24.3 Å². The lowest BCUT2D eigenvalue weighted by Gasteiger charge is -2.49. The number of hydrogen-bond acceptors (Lipinski definition) is 9. The van der Waals surface area contributed by atoms with Gasteiger partial charge >= 0.3 is 5.97 Å².